The van der Waals surface area contributed by atoms with Crippen molar-refractivity contribution in [2.24, 2.45) is 4.99 Å². The molecular weight excluding hydrogens is 342 g/mol. The molecule has 2 aromatic carbocycles. The lowest BCUT2D eigenvalue weighted by molar-refractivity contribution is -0.113. The SMILES string of the molecule is CN1C=CC=C/C1=C1\SC(N(c2ccccc2)c2ccccc2)=NC1=O. The number of hydrogen-bond acceptors (Lipinski definition) is 4. The second-order valence-electron chi connectivity index (χ2n) is 5.83. The highest BCUT2D eigenvalue weighted by molar-refractivity contribution is 8.18. The molecule has 2 aromatic rings. The summed E-state index contributed by atoms with van der Waals surface area (Å²) >= 11 is 1.41. The van der Waals surface area contributed by atoms with Crippen LogP contribution in [0, 0.1) is 0 Å². The van der Waals surface area contributed by atoms with Gasteiger partial charge in [-0.1, -0.05) is 42.5 Å². The van der Waals surface area contributed by atoms with Crippen LogP contribution in [0.4, 0.5) is 11.4 Å². The lowest BCUT2D eigenvalue weighted by Crippen LogP contribution is -2.21. The van der Waals surface area contributed by atoms with Gasteiger partial charge in [0.15, 0.2) is 5.17 Å². The number of amides is 1. The van der Waals surface area contributed by atoms with Crippen molar-refractivity contribution in [2.45, 2.75) is 0 Å². The van der Waals surface area contributed by atoms with E-state index >= 15 is 0 Å². The van der Waals surface area contributed by atoms with E-state index in [9.17, 15) is 4.79 Å². The molecule has 0 radical (unpaired) electrons. The summed E-state index contributed by atoms with van der Waals surface area (Å²) in [6.07, 6.45) is 7.74. The Labute approximate surface area is 156 Å². The summed E-state index contributed by atoms with van der Waals surface area (Å²) in [5.74, 6) is -0.205. The van der Waals surface area contributed by atoms with Crippen molar-refractivity contribution < 1.29 is 4.79 Å². The molecule has 4 rings (SSSR count). The van der Waals surface area contributed by atoms with Gasteiger partial charge in [-0.25, -0.2) is 0 Å². The molecule has 0 atom stereocenters. The van der Waals surface area contributed by atoms with Gasteiger partial charge in [0.25, 0.3) is 5.91 Å². The largest absolute Gasteiger partial charge is 0.350 e. The number of hydrogen-bond donors (Lipinski definition) is 0. The maximum absolute atomic E-state index is 12.6. The summed E-state index contributed by atoms with van der Waals surface area (Å²) in [6.45, 7) is 0. The Morgan fingerprint density at radius 2 is 1.54 bits per heavy atom. The number of carbonyl (C=O) groups excluding carboxylic acids is 1. The molecular formula is C21H17N3OS. The molecule has 0 saturated carbocycles. The van der Waals surface area contributed by atoms with Gasteiger partial charge >= 0.3 is 0 Å². The Morgan fingerprint density at radius 1 is 0.923 bits per heavy atom. The van der Waals surface area contributed by atoms with Crippen LogP contribution in [-0.4, -0.2) is 23.0 Å². The fourth-order valence-corrected chi connectivity index (χ4v) is 3.90. The summed E-state index contributed by atoms with van der Waals surface area (Å²) in [7, 11) is 1.93. The molecule has 26 heavy (non-hydrogen) atoms. The number of likely N-dealkylation sites (N-methyl/N-ethyl adjacent to an activating group) is 1. The monoisotopic (exact) mass is 359 g/mol. The van der Waals surface area contributed by atoms with Crippen LogP contribution >= 0.6 is 11.8 Å². The highest BCUT2D eigenvalue weighted by Gasteiger charge is 2.31. The number of rotatable bonds is 2. The first-order valence-electron chi connectivity index (χ1n) is 8.27. The molecule has 0 bridgehead atoms. The minimum Gasteiger partial charge on any atom is -0.350 e. The van der Waals surface area contributed by atoms with Gasteiger partial charge in [-0.3, -0.25) is 9.69 Å². The van der Waals surface area contributed by atoms with Crippen molar-refractivity contribution in [3.63, 3.8) is 0 Å². The fourth-order valence-electron chi connectivity index (χ4n) is 2.84. The predicted molar refractivity (Wildman–Crippen MR) is 108 cm³/mol. The van der Waals surface area contributed by atoms with Crippen LogP contribution in [0.2, 0.25) is 0 Å². The number of amidine groups is 1. The third-order valence-electron chi connectivity index (χ3n) is 4.09. The van der Waals surface area contributed by atoms with E-state index < -0.39 is 0 Å². The topological polar surface area (TPSA) is 35.9 Å². The van der Waals surface area contributed by atoms with Crippen molar-refractivity contribution >= 4 is 34.2 Å². The Balaban J connectivity index is 1.75. The summed E-state index contributed by atoms with van der Waals surface area (Å²) in [5, 5.41) is 0.659. The zero-order chi connectivity index (χ0) is 17.9. The van der Waals surface area contributed by atoms with Crippen molar-refractivity contribution in [3.05, 3.63) is 95.7 Å². The Kier molecular flexibility index (Phi) is 4.46. The van der Waals surface area contributed by atoms with Gasteiger partial charge < -0.3 is 4.90 Å². The van der Waals surface area contributed by atoms with Gasteiger partial charge in [0.1, 0.15) is 4.91 Å². The first-order valence-corrected chi connectivity index (χ1v) is 9.09. The number of benzene rings is 2. The quantitative estimate of drug-likeness (QED) is 0.730. The van der Waals surface area contributed by atoms with Crippen LogP contribution in [-0.2, 0) is 4.79 Å². The standard InChI is InChI=1S/C21H17N3OS/c1-23-15-9-8-14-18(23)19-20(25)22-21(26-19)24(16-10-4-2-5-11-16)17-12-6-3-7-13-17/h2-15H,1H3/b19-18+. The maximum atomic E-state index is 12.6. The Bertz CT molecular complexity index is 906. The van der Waals surface area contributed by atoms with E-state index in [0.717, 1.165) is 17.1 Å². The summed E-state index contributed by atoms with van der Waals surface area (Å²) in [4.78, 5) is 21.6. The Morgan fingerprint density at radius 3 is 2.12 bits per heavy atom. The number of thioether (sulfide) groups is 1. The van der Waals surface area contributed by atoms with Crippen LogP contribution < -0.4 is 4.90 Å². The van der Waals surface area contributed by atoms with Gasteiger partial charge in [0.2, 0.25) is 0 Å². The van der Waals surface area contributed by atoms with E-state index in [1.807, 2.05) is 102 Å². The molecule has 1 amide bonds. The van der Waals surface area contributed by atoms with Crippen LogP contribution in [0.3, 0.4) is 0 Å². The normalized spacial score (nSPS) is 19.0. The molecule has 0 N–H and O–H groups in total. The number of anilines is 2. The number of allylic oxidation sites excluding steroid dienone is 3. The Hall–Kier alpha value is -3.05. The van der Waals surface area contributed by atoms with Crippen molar-refractivity contribution in [2.75, 3.05) is 11.9 Å². The lowest BCUT2D eigenvalue weighted by atomic mass is 10.2. The smallest absolute Gasteiger partial charge is 0.288 e. The van der Waals surface area contributed by atoms with Crippen molar-refractivity contribution in [1.29, 1.82) is 0 Å². The van der Waals surface area contributed by atoms with E-state index in [-0.39, 0.29) is 5.91 Å². The maximum Gasteiger partial charge on any atom is 0.288 e. The molecule has 4 nitrogen and oxygen atoms in total. The van der Waals surface area contributed by atoms with E-state index in [2.05, 4.69) is 4.99 Å². The lowest BCUT2D eigenvalue weighted by Gasteiger charge is -2.24. The number of para-hydroxylation sites is 2. The van der Waals surface area contributed by atoms with Crippen molar-refractivity contribution in [3.8, 4) is 0 Å². The third-order valence-corrected chi connectivity index (χ3v) is 5.14. The average Bonchev–Trinajstić information content (AvgIpc) is 3.05. The summed E-state index contributed by atoms with van der Waals surface area (Å²) < 4.78 is 0. The molecule has 0 aromatic heterocycles. The minimum absolute atomic E-state index is 0.205. The highest BCUT2D eigenvalue weighted by Crippen LogP contribution is 2.38. The summed E-state index contributed by atoms with van der Waals surface area (Å²) in [6, 6.07) is 19.9. The molecule has 2 aliphatic heterocycles. The molecule has 2 heterocycles. The van der Waals surface area contributed by atoms with E-state index in [1.54, 1.807) is 0 Å². The van der Waals surface area contributed by atoms with Crippen molar-refractivity contribution in [1.82, 2.24) is 4.90 Å². The van der Waals surface area contributed by atoms with E-state index in [4.69, 9.17) is 0 Å². The number of aliphatic imine (C=N–C) groups is 1. The van der Waals surface area contributed by atoms with E-state index in [1.165, 1.54) is 11.8 Å². The number of carbonyl (C=O) groups is 1. The second-order valence-corrected chi connectivity index (χ2v) is 6.81. The van der Waals surface area contributed by atoms with Gasteiger partial charge in [-0.15, -0.1) is 0 Å². The molecule has 0 aliphatic carbocycles. The van der Waals surface area contributed by atoms with Crippen LogP contribution in [0.15, 0.2) is 101 Å². The molecule has 128 valence electrons. The van der Waals surface area contributed by atoms with Gasteiger partial charge in [0.05, 0.1) is 5.70 Å². The molecule has 0 unspecified atom stereocenters. The molecule has 0 fully saturated rings. The highest BCUT2D eigenvalue weighted by atomic mass is 32.2. The zero-order valence-electron chi connectivity index (χ0n) is 14.2. The molecule has 5 heteroatoms. The molecule has 2 aliphatic rings. The van der Waals surface area contributed by atoms with Gasteiger partial charge in [-0.2, -0.15) is 4.99 Å². The third kappa shape index (κ3) is 3.09. The average molecular weight is 359 g/mol. The second kappa shape index (κ2) is 7.06. The fraction of sp³-hybridized carbons (Fsp3) is 0.0476. The molecule has 0 saturated heterocycles. The van der Waals surface area contributed by atoms with E-state index in [0.29, 0.717) is 10.1 Å². The van der Waals surface area contributed by atoms with Crippen LogP contribution in [0.1, 0.15) is 0 Å². The first kappa shape index (κ1) is 16.4. The summed E-state index contributed by atoms with van der Waals surface area (Å²) in [5.41, 5.74) is 2.80. The van der Waals surface area contributed by atoms with Crippen LogP contribution in [0.5, 0.6) is 0 Å². The molecule has 0 spiro atoms. The minimum atomic E-state index is -0.205. The number of nitrogens with zero attached hydrogens (tertiary/aromatic N) is 3. The zero-order valence-corrected chi connectivity index (χ0v) is 15.1. The van der Waals surface area contributed by atoms with Gasteiger partial charge in [-0.05, 0) is 48.2 Å². The van der Waals surface area contributed by atoms with Gasteiger partial charge in [0, 0.05) is 24.6 Å². The first-order chi connectivity index (χ1) is 12.7. The predicted octanol–water partition coefficient (Wildman–Crippen LogP) is 4.68. The van der Waals surface area contributed by atoms with Crippen LogP contribution in [0.25, 0.3) is 0 Å².